The molecule has 2 N–H and O–H groups in total. The van der Waals surface area contributed by atoms with Crippen molar-refractivity contribution in [3.63, 3.8) is 0 Å². The third-order valence-corrected chi connectivity index (χ3v) is 7.68. The minimum atomic E-state index is -1.00. The van der Waals surface area contributed by atoms with Gasteiger partial charge in [-0.1, -0.05) is 72.8 Å². The average Bonchev–Trinajstić information content (AvgIpc) is 3.47. The molecular formula is C37H28N4O3. The molecule has 0 unspecified atom stereocenters. The Morgan fingerprint density at radius 1 is 0.841 bits per heavy atom. The van der Waals surface area contributed by atoms with Crippen LogP contribution in [0.4, 0.5) is 0 Å². The fourth-order valence-electron chi connectivity index (χ4n) is 5.39. The SMILES string of the molecule is C[C@H](NC(=O)c1cc(-c2cccc(C#N)c2)cc2cnn(Cc3cccc(-c4ccccc4)c3)c12)c1ccc(C(=O)O)cc1. The number of aromatic carboxylic acids is 1. The lowest BCUT2D eigenvalue weighted by molar-refractivity contribution is 0.0696. The number of carboxylic acid groups (broad SMARTS) is 1. The van der Waals surface area contributed by atoms with Crippen LogP contribution >= 0.6 is 0 Å². The van der Waals surface area contributed by atoms with Gasteiger partial charge in [0.15, 0.2) is 0 Å². The molecule has 1 heterocycles. The zero-order chi connectivity index (χ0) is 30.6. The summed E-state index contributed by atoms with van der Waals surface area (Å²) >= 11 is 0. The van der Waals surface area contributed by atoms with Crippen molar-refractivity contribution in [1.29, 1.82) is 5.26 Å². The third kappa shape index (κ3) is 5.83. The van der Waals surface area contributed by atoms with E-state index in [1.165, 1.54) is 12.1 Å². The molecule has 0 saturated heterocycles. The van der Waals surface area contributed by atoms with Crippen molar-refractivity contribution in [3.05, 3.63) is 149 Å². The van der Waals surface area contributed by atoms with E-state index in [0.717, 1.165) is 38.8 Å². The summed E-state index contributed by atoms with van der Waals surface area (Å²) in [5.74, 6) is -1.29. The van der Waals surface area contributed by atoms with Crippen molar-refractivity contribution < 1.29 is 14.7 Å². The molecular weight excluding hydrogens is 548 g/mol. The second-order valence-corrected chi connectivity index (χ2v) is 10.6. The van der Waals surface area contributed by atoms with Crippen LogP contribution in [0.25, 0.3) is 33.2 Å². The van der Waals surface area contributed by atoms with Crippen LogP contribution in [0, 0.1) is 11.3 Å². The molecule has 6 rings (SSSR count). The summed E-state index contributed by atoms with van der Waals surface area (Å²) in [6.07, 6.45) is 1.76. The smallest absolute Gasteiger partial charge is 0.335 e. The lowest BCUT2D eigenvalue weighted by Crippen LogP contribution is -2.27. The first-order valence-electron chi connectivity index (χ1n) is 14.2. The molecule has 0 radical (unpaired) electrons. The highest BCUT2D eigenvalue weighted by molar-refractivity contribution is 6.07. The van der Waals surface area contributed by atoms with E-state index in [9.17, 15) is 20.0 Å². The summed E-state index contributed by atoms with van der Waals surface area (Å²) in [5, 5.41) is 27.3. The number of rotatable bonds is 8. The number of nitriles is 1. The van der Waals surface area contributed by atoms with Gasteiger partial charge in [0, 0.05) is 5.39 Å². The lowest BCUT2D eigenvalue weighted by atomic mass is 9.98. The van der Waals surface area contributed by atoms with Gasteiger partial charge in [-0.15, -0.1) is 0 Å². The summed E-state index contributed by atoms with van der Waals surface area (Å²) in [6, 6.07) is 37.8. The number of carboxylic acids is 1. The maximum atomic E-state index is 14.0. The van der Waals surface area contributed by atoms with Gasteiger partial charge in [-0.3, -0.25) is 9.48 Å². The van der Waals surface area contributed by atoms with E-state index in [2.05, 4.69) is 35.7 Å². The van der Waals surface area contributed by atoms with E-state index in [1.54, 1.807) is 30.5 Å². The van der Waals surface area contributed by atoms with Gasteiger partial charge in [0.25, 0.3) is 5.91 Å². The highest BCUT2D eigenvalue weighted by Crippen LogP contribution is 2.30. The number of fused-ring (bicyclic) bond motifs is 1. The van der Waals surface area contributed by atoms with Gasteiger partial charge in [0.1, 0.15) is 0 Å². The number of carbonyl (C=O) groups is 2. The molecule has 0 bridgehead atoms. The fraction of sp³-hybridized carbons (Fsp3) is 0.0811. The maximum absolute atomic E-state index is 14.0. The molecule has 1 amide bonds. The number of amides is 1. The minimum Gasteiger partial charge on any atom is -0.478 e. The van der Waals surface area contributed by atoms with Gasteiger partial charge < -0.3 is 10.4 Å². The number of hydrogen-bond donors (Lipinski definition) is 2. The first kappa shape index (κ1) is 28.1. The Labute approximate surface area is 254 Å². The molecule has 0 aliphatic heterocycles. The molecule has 7 heteroatoms. The number of nitrogens with zero attached hydrogens (tertiary/aromatic N) is 3. The van der Waals surface area contributed by atoms with Gasteiger partial charge in [-0.05, 0) is 82.8 Å². The van der Waals surface area contributed by atoms with Crippen LogP contribution in [0.15, 0.2) is 121 Å². The lowest BCUT2D eigenvalue weighted by Gasteiger charge is -2.17. The Morgan fingerprint density at radius 3 is 2.27 bits per heavy atom. The van der Waals surface area contributed by atoms with Gasteiger partial charge in [0.2, 0.25) is 0 Å². The van der Waals surface area contributed by atoms with Gasteiger partial charge in [-0.2, -0.15) is 10.4 Å². The van der Waals surface area contributed by atoms with E-state index >= 15 is 0 Å². The summed E-state index contributed by atoms with van der Waals surface area (Å²) in [7, 11) is 0. The van der Waals surface area contributed by atoms with Crippen LogP contribution in [0.5, 0.6) is 0 Å². The Bertz CT molecular complexity index is 2040. The number of benzene rings is 5. The van der Waals surface area contributed by atoms with Crippen molar-refractivity contribution in [2.24, 2.45) is 0 Å². The van der Waals surface area contributed by atoms with Crippen LogP contribution in [0.1, 0.15) is 50.4 Å². The van der Waals surface area contributed by atoms with Crippen molar-refractivity contribution >= 4 is 22.8 Å². The predicted octanol–water partition coefficient (Wildman–Crippen LogP) is 7.48. The number of carbonyl (C=O) groups excluding carboxylic acids is 1. The van der Waals surface area contributed by atoms with Crippen molar-refractivity contribution in [2.75, 3.05) is 0 Å². The van der Waals surface area contributed by atoms with Crippen LogP contribution in [-0.2, 0) is 6.54 Å². The minimum absolute atomic E-state index is 0.182. The van der Waals surface area contributed by atoms with Crippen molar-refractivity contribution in [1.82, 2.24) is 15.1 Å². The molecule has 44 heavy (non-hydrogen) atoms. The van der Waals surface area contributed by atoms with Crippen molar-refractivity contribution in [2.45, 2.75) is 19.5 Å². The normalized spacial score (nSPS) is 11.5. The molecule has 0 aliphatic rings. The van der Waals surface area contributed by atoms with E-state index in [0.29, 0.717) is 23.2 Å². The third-order valence-electron chi connectivity index (χ3n) is 7.68. The summed E-state index contributed by atoms with van der Waals surface area (Å²) < 4.78 is 1.84. The van der Waals surface area contributed by atoms with Crippen LogP contribution < -0.4 is 5.32 Å². The zero-order valence-electron chi connectivity index (χ0n) is 23.9. The Kier molecular flexibility index (Phi) is 7.73. The Hall–Kier alpha value is -6.00. The summed E-state index contributed by atoms with van der Waals surface area (Å²) in [4.78, 5) is 25.3. The predicted molar refractivity (Wildman–Crippen MR) is 170 cm³/mol. The van der Waals surface area contributed by atoms with E-state index in [4.69, 9.17) is 5.10 Å². The molecule has 0 aliphatic carbocycles. The number of aromatic nitrogens is 2. The molecule has 1 aromatic heterocycles. The standard InChI is InChI=1S/C37H28N4O3/c1-24(27-13-15-29(16-14-27)37(43)44)40-36(42)34-20-32(31-12-5-7-25(17-31)21-38)19-33-22-39-41(35(33)34)23-26-8-6-11-30(18-26)28-9-3-2-4-10-28/h2-20,22,24H,23H2,1H3,(H,40,42)(H,43,44)/t24-/m0/s1. The molecule has 0 spiro atoms. The molecule has 7 nitrogen and oxygen atoms in total. The topological polar surface area (TPSA) is 108 Å². The maximum Gasteiger partial charge on any atom is 0.335 e. The molecule has 214 valence electrons. The number of hydrogen-bond acceptors (Lipinski definition) is 4. The molecule has 1 atom stereocenters. The molecule has 0 saturated carbocycles. The second-order valence-electron chi connectivity index (χ2n) is 10.6. The molecule has 0 fully saturated rings. The summed E-state index contributed by atoms with van der Waals surface area (Å²) in [5.41, 5.74) is 7.51. The zero-order valence-corrected chi connectivity index (χ0v) is 23.9. The van der Waals surface area contributed by atoms with E-state index in [1.807, 2.05) is 66.2 Å². The Balaban J connectivity index is 1.39. The first-order valence-corrected chi connectivity index (χ1v) is 14.2. The van der Waals surface area contributed by atoms with Crippen LogP contribution in [0.2, 0.25) is 0 Å². The van der Waals surface area contributed by atoms with Gasteiger partial charge in [-0.25, -0.2) is 4.79 Å². The molecule has 6 aromatic rings. The largest absolute Gasteiger partial charge is 0.478 e. The average molecular weight is 577 g/mol. The Morgan fingerprint density at radius 2 is 1.55 bits per heavy atom. The van der Waals surface area contributed by atoms with Crippen LogP contribution in [0.3, 0.4) is 0 Å². The number of nitrogens with one attached hydrogen (secondary N) is 1. The van der Waals surface area contributed by atoms with E-state index in [-0.39, 0.29) is 17.5 Å². The van der Waals surface area contributed by atoms with Gasteiger partial charge in [0.05, 0.1) is 47.1 Å². The second kappa shape index (κ2) is 12.1. The monoisotopic (exact) mass is 576 g/mol. The first-order chi connectivity index (χ1) is 21.4. The van der Waals surface area contributed by atoms with Gasteiger partial charge >= 0.3 is 5.97 Å². The quantitative estimate of drug-likeness (QED) is 0.195. The highest BCUT2D eigenvalue weighted by atomic mass is 16.4. The molecule has 5 aromatic carbocycles. The fourth-order valence-corrected chi connectivity index (χ4v) is 5.39. The summed E-state index contributed by atoms with van der Waals surface area (Å²) in [6.45, 7) is 2.32. The van der Waals surface area contributed by atoms with E-state index < -0.39 is 5.97 Å². The highest BCUT2D eigenvalue weighted by Gasteiger charge is 2.20. The van der Waals surface area contributed by atoms with Crippen molar-refractivity contribution in [3.8, 4) is 28.3 Å². The van der Waals surface area contributed by atoms with Crippen LogP contribution in [-0.4, -0.2) is 26.8 Å².